The molecule has 1 atom stereocenters. The Hall–Kier alpha value is -1.77. The van der Waals surface area contributed by atoms with E-state index in [1.165, 1.54) is 10.5 Å². The molecule has 0 aliphatic carbocycles. The molecular weight excluding hydrogens is 292 g/mol. The fourth-order valence-corrected chi connectivity index (χ4v) is 3.64. The molecule has 2 aromatic heterocycles. The Bertz CT molecular complexity index is 714. The molecule has 0 radical (unpaired) electrons. The van der Waals surface area contributed by atoms with E-state index in [4.69, 9.17) is 4.74 Å². The highest BCUT2D eigenvalue weighted by atomic mass is 32.2. The van der Waals surface area contributed by atoms with Crippen molar-refractivity contribution in [1.29, 1.82) is 0 Å². The number of aromatic amines is 1. The Balaban J connectivity index is 1.83. The molecule has 1 aliphatic rings. The number of imidazole rings is 1. The van der Waals surface area contributed by atoms with Crippen molar-refractivity contribution in [1.82, 2.24) is 19.3 Å². The summed E-state index contributed by atoms with van der Waals surface area (Å²) in [6.07, 6.45) is 4.23. The summed E-state index contributed by atoms with van der Waals surface area (Å²) in [6.45, 7) is 2.80. The molecule has 0 saturated carbocycles. The van der Waals surface area contributed by atoms with Gasteiger partial charge in [-0.1, -0.05) is 0 Å². The summed E-state index contributed by atoms with van der Waals surface area (Å²) < 4.78 is 32.2. The summed E-state index contributed by atoms with van der Waals surface area (Å²) in [6, 6.07) is 3.16. The van der Waals surface area contributed by atoms with Crippen LogP contribution in [0.5, 0.6) is 0 Å². The highest BCUT2D eigenvalue weighted by Gasteiger charge is 2.32. The Morgan fingerprint density at radius 3 is 2.95 bits per heavy atom. The van der Waals surface area contributed by atoms with E-state index in [9.17, 15) is 8.42 Å². The molecule has 1 saturated heterocycles. The van der Waals surface area contributed by atoms with Crippen molar-refractivity contribution in [2.24, 2.45) is 0 Å². The molecule has 3 heterocycles. The molecule has 0 aromatic carbocycles. The number of sulfonamides is 1. The van der Waals surface area contributed by atoms with Crippen LogP contribution in [-0.4, -0.2) is 47.4 Å². The van der Waals surface area contributed by atoms with Gasteiger partial charge in [-0.25, -0.2) is 13.4 Å². The Labute approximate surface area is 123 Å². The molecule has 0 unspecified atom stereocenters. The van der Waals surface area contributed by atoms with Gasteiger partial charge in [-0.2, -0.15) is 4.31 Å². The average Bonchev–Trinajstić information content (AvgIpc) is 2.95. The van der Waals surface area contributed by atoms with E-state index in [0.29, 0.717) is 19.0 Å². The molecule has 2 aromatic rings. The van der Waals surface area contributed by atoms with Gasteiger partial charge in [0, 0.05) is 37.4 Å². The molecule has 0 spiro atoms. The van der Waals surface area contributed by atoms with Crippen molar-refractivity contribution in [2.75, 3.05) is 19.7 Å². The number of nitrogens with one attached hydrogen (secondary N) is 1. The number of rotatable bonds is 3. The number of hydrogen-bond donors (Lipinski definition) is 1. The van der Waals surface area contributed by atoms with Crippen LogP contribution in [0.4, 0.5) is 0 Å². The fourth-order valence-electron chi connectivity index (χ4n) is 2.25. The highest BCUT2D eigenvalue weighted by molar-refractivity contribution is 7.89. The van der Waals surface area contributed by atoms with Crippen LogP contribution in [-0.2, 0) is 14.8 Å². The van der Waals surface area contributed by atoms with Gasteiger partial charge in [0.1, 0.15) is 16.8 Å². The van der Waals surface area contributed by atoms with Crippen LogP contribution in [0.25, 0.3) is 0 Å². The normalized spacial score (nSPS) is 20.5. The Kier molecular flexibility index (Phi) is 3.75. The van der Waals surface area contributed by atoms with Crippen LogP contribution in [0.15, 0.2) is 35.6 Å². The van der Waals surface area contributed by atoms with Crippen LogP contribution in [0.1, 0.15) is 17.6 Å². The summed E-state index contributed by atoms with van der Waals surface area (Å²) in [5.74, 6) is 0.651. The van der Waals surface area contributed by atoms with Crippen LogP contribution < -0.4 is 0 Å². The molecule has 112 valence electrons. The van der Waals surface area contributed by atoms with Crippen molar-refractivity contribution in [3.8, 4) is 0 Å². The predicted octanol–water partition coefficient (Wildman–Crippen LogP) is 0.875. The highest BCUT2D eigenvalue weighted by Crippen LogP contribution is 2.24. The maximum atomic E-state index is 12.6. The predicted molar refractivity (Wildman–Crippen MR) is 75.0 cm³/mol. The number of aromatic nitrogens is 3. The first kappa shape index (κ1) is 14.2. The summed E-state index contributed by atoms with van der Waals surface area (Å²) in [7, 11) is -3.55. The molecule has 7 nitrogen and oxygen atoms in total. The zero-order chi connectivity index (χ0) is 14.9. The van der Waals surface area contributed by atoms with Gasteiger partial charge in [-0.05, 0) is 19.1 Å². The third kappa shape index (κ3) is 2.82. The number of pyridine rings is 1. The minimum Gasteiger partial charge on any atom is -0.368 e. The van der Waals surface area contributed by atoms with Crippen molar-refractivity contribution < 1.29 is 13.2 Å². The zero-order valence-corrected chi connectivity index (χ0v) is 12.4. The van der Waals surface area contributed by atoms with Gasteiger partial charge in [-0.15, -0.1) is 0 Å². The van der Waals surface area contributed by atoms with Crippen molar-refractivity contribution in [3.63, 3.8) is 0 Å². The van der Waals surface area contributed by atoms with Gasteiger partial charge in [-0.3, -0.25) is 4.98 Å². The Morgan fingerprint density at radius 1 is 1.43 bits per heavy atom. The van der Waals surface area contributed by atoms with Crippen LogP contribution >= 0.6 is 0 Å². The SMILES string of the molecule is Cc1cnc([C@H]2CN(S(=O)(=O)c3cccnc3)CCO2)[nH]1. The van der Waals surface area contributed by atoms with Crippen molar-refractivity contribution in [2.45, 2.75) is 17.9 Å². The third-order valence-electron chi connectivity index (χ3n) is 3.33. The summed E-state index contributed by atoms with van der Waals surface area (Å²) in [5.41, 5.74) is 0.917. The quantitative estimate of drug-likeness (QED) is 0.909. The minimum atomic E-state index is -3.55. The number of H-pyrrole nitrogens is 1. The maximum Gasteiger partial charge on any atom is 0.244 e. The lowest BCUT2D eigenvalue weighted by Crippen LogP contribution is -2.42. The maximum absolute atomic E-state index is 12.6. The molecule has 1 N–H and O–H groups in total. The monoisotopic (exact) mass is 308 g/mol. The largest absolute Gasteiger partial charge is 0.368 e. The van der Waals surface area contributed by atoms with E-state index in [1.54, 1.807) is 24.5 Å². The lowest BCUT2D eigenvalue weighted by atomic mass is 10.3. The van der Waals surface area contributed by atoms with E-state index in [2.05, 4.69) is 15.0 Å². The number of hydrogen-bond acceptors (Lipinski definition) is 5. The number of nitrogens with zero attached hydrogens (tertiary/aromatic N) is 3. The lowest BCUT2D eigenvalue weighted by molar-refractivity contribution is -0.00711. The van der Waals surface area contributed by atoms with E-state index >= 15 is 0 Å². The van der Waals surface area contributed by atoms with Crippen LogP contribution in [0, 0.1) is 6.92 Å². The van der Waals surface area contributed by atoms with E-state index in [-0.39, 0.29) is 17.5 Å². The second-order valence-electron chi connectivity index (χ2n) is 4.86. The molecule has 8 heteroatoms. The average molecular weight is 308 g/mol. The molecule has 21 heavy (non-hydrogen) atoms. The van der Waals surface area contributed by atoms with Gasteiger partial charge in [0.15, 0.2) is 0 Å². The van der Waals surface area contributed by atoms with E-state index in [0.717, 1.165) is 5.69 Å². The van der Waals surface area contributed by atoms with Crippen molar-refractivity contribution >= 4 is 10.0 Å². The second kappa shape index (κ2) is 5.55. The van der Waals surface area contributed by atoms with Crippen LogP contribution in [0.2, 0.25) is 0 Å². The standard InChI is InChI=1S/C13H16N4O3S/c1-10-7-15-13(16-10)12-9-17(5-6-20-12)21(18,19)11-3-2-4-14-8-11/h2-4,7-8,12H,5-6,9H2,1H3,(H,15,16)/t12-/m1/s1. The second-order valence-corrected chi connectivity index (χ2v) is 6.80. The number of ether oxygens (including phenoxy) is 1. The molecule has 3 rings (SSSR count). The third-order valence-corrected chi connectivity index (χ3v) is 5.18. The van der Waals surface area contributed by atoms with E-state index in [1.807, 2.05) is 6.92 Å². The summed E-state index contributed by atoms with van der Waals surface area (Å²) >= 11 is 0. The minimum absolute atomic E-state index is 0.196. The van der Waals surface area contributed by atoms with Crippen molar-refractivity contribution in [3.05, 3.63) is 42.2 Å². The van der Waals surface area contributed by atoms with Gasteiger partial charge < -0.3 is 9.72 Å². The molecule has 1 fully saturated rings. The van der Waals surface area contributed by atoms with Gasteiger partial charge in [0.25, 0.3) is 0 Å². The first-order valence-corrected chi connectivity index (χ1v) is 8.04. The van der Waals surface area contributed by atoms with Gasteiger partial charge in [0.05, 0.1) is 6.61 Å². The zero-order valence-electron chi connectivity index (χ0n) is 11.6. The summed E-state index contributed by atoms with van der Waals surface area (Å²) in [4.78, 5) is 11.4. The van der Waals surface area contributed by atoms with Crippen LogP contribution in [0.3, 0.4) is 0 Å². The lowest BCUT2D eigenvalue weighted by Gasteiger charge is -2.31. The van der Waals surface area contributed by atoms with Gasteiger partial charge in [0.2, 0.25) is 10.0 Å². The van der Waals surface area contributed by atoms with Gasteiger partial charge >= 0.3 is 0 Å². The molecule has 1 aliphatic heterocycles. The Morgan fingerprint density at radius 2 is 2.29 bits per heavy atom. The smallest absolute Gasteiger partial charge is 0.244 e. The summed E-state index contributed by atoms with van der Waals surface area (Å²) in [5, 5.41) is 0. The molecule has 0 bridgehead atoms. The molecule has 0 amide bonds. The molecular formula is C13H16N4O3S. The number of morpholine rings is 1. The fraction of sp³-hybridized carbons (Fsp3) is 0.385. The van der Waals surface area contributed by atoms with E-state index < -0.39 is 10.0 Å². The first-order valence-electron chi connectivity index (χ1n) is 6.60. The first-order chi connectivity index (χ1) is 10.1. The topological polar surface area (TPSA) is 88.2 Å². The number of aryl methyl sites for hydroxylation is 1.